The molecule has 0 radical (unpaired) electrons. The van der Waals surface area contributed by atoms with Crippen LogP contribution in [0.5, 0.6) is 0 Å². The molecule has 1 aromatic heterocycles. The molecular formula is C20H28N4O. The van der Waals surface area contributed by atoms with Crippen LogP contribution in [-0.4, -0.2) is 39.7 Å². The largest absolute Gasteiger partial charge is 0.322 e. The van der Waals surface area contributed by atoms with Gasteiger partial charge >= 0.3 is 0 Å². The number of rotatable bonds is 4. The van der Waals surface area contributed by atoms with Crippen molar-refractivity contribution in [3.8, 4) is 5.69 Å². The molecule has 0 bridgehead atoms. The number of piperidine rings is 1. The van der Waals surface area contributed by atoms with Gasteiger partial charge in [-0.25, -0.2) is 4.68 Å². The van der Waals surface area contributed by atoms with E-state index in [0.717, 1.165) is 41.8 Å². The summed E-state index contributed by atoms with van der Waals surface area (Å²) in [7, 11) is 0. The fourth-order valence-corrected chi connectivity index (χ4v) is 3.45. The summed E-state index contributed by atoms with van der Waals surface area (Å²) in [5.41, 5.74) is 3.62. The number of hydrogen-bond donors (Lipinski definition) is 1. The first-order valence-electron chi connectivity index (χ1n) is 9.14. The number of carbonyl (C=O) groups excluding carboxylic acids is 1. The minimum atomic E-state index is -0.119. The SMILES string of the molecule is Cc1nn(-c2ccccc2)c(C)c1NC(=O)C(C)N1CCC(C)CC1. The van der Waals surface area contributed by atoms with Gasteiger partial charge in [-0.05, 0) is 64.8 Å². The van der Waals surface area contributed by atoms with Crippen LogP contribution in [0.15, 0.2) is 30.3 Å². The molecule has 5 heteroatoms. The molecule has 1 fully saturated rings. The van der Waals surface area contributed by atoms with Crippen molar-refractivity contribution < 1.29 is 4.79 Å². The average Bonchev–Trinajstić information content (AvgIpc) is 2.90. The van der Waals surface area contributed by atoms with Crippen LogP contribution >= 0.6 is 0 Å². The van der Waals surface area contributed by atoms with Crippen molar-refractivity contribution >= 4 is 11.6 Å². The molecule has 1 saturated heterocycles. The van der Waals surface area contributed by atoms with Gasteiger partial charge in [-0.15, -0.1) is 0 Å². The highest BCUT2D eigenvalue weighted by Crippen LogP contribution is 2.24. The summed E-state index contributed by atoms with van der Waals surface area (Å²) >= 11 is 0. The van der Waals surface area contributed by atoms with Crippen molar-refractivity contribution in [3.05, 3.63) is 41.7 Å². The van der Waals surface area contributed by atoms with Crippen molar-refractivity contribution in [2.24, 2.45) is 5.92 Å². The lowest BCUT2D eigenvalue weighted by Crippen LogP contribution is -2.45. The molecule has 2 heterocycles. The van der Waals surface area contributed by atoms with E-state index in [2.05, 4.69) is 22.2 Å². The van der Waals surface area contributed by atoms with Gasteiger partial charge in [-0.2, -0.15) is 5.10 Å². The minimum absolute atomic E-state index is 0.0494. The highest BCUT2D eigenvalue weighted by atomic mass is 16.2. The summed E-state index contributed by atoms with van der Waals surface area (Å²) < 4.78 is 1.89. The Morgan fingerprint density at radius 3 is 2.48 bits per heavy atom. The first-order valence-corrected chi connectivity index (χ1v) is 9.14. The standard InChI is InChI=1S/C20H28N4O/c1-14-10-12-23(13-11-14)17(4)20(25)21-19-15(2)22-24(16(19)3)18-8-6-5-7-9-18/h5-9,14,17H,10-13H2,1-4H3,(H,21,25). The number of amides is 1. The lowest BCUT2D eigenvalue weighted by molar-refractivity contribution is -0.121. The number of likely N-dealkylation sites (tertiary alicyclic amines) is 1. The molecule has 2 aromatic rings. The number of para-hydroxylation sites is 1. The Kier molecular flexibility index (Phi) is 5.23. The predicted octanol–water partition coefficient (Wildman–Crippen LogP) is 3.55. The quantitative estimate of drug-likeness (QED) is 0.926. The van der Waals surface area contributed by atoms with E-state index in [4.69, 9.17) is 0 Å². The van der Waals surface area contributed by atoms with E-state index in [0.29, 0.717) is 0 Å². The number of hydrogen-bond acceptors (Lipinski definition) is 3. The third kappa shape index (κ3) is 3.76. The summed E-state index contributed by atoms with van der Waals surface area (Å²) in [5.74, 6) is 0.813. The molecular weight excluding hydrogens is 312 g/mol. The third-order valence-electron chi connectivity index (χ3n) is 5.29. The van der Waals surface area contributed by atoms with Crippen molar-refractivity contribution in [2.75, 3.05) is 18.4 Å². The summed E-state index contributed by atoms with van der Waals surface area (Å²) in [4.78, 5) is 15.0. The van der Waals surface area contributed by atoms with Crippen molar-refractivity contribution in [3.63, 3.8) is 0 Å². The van der Waals surface area contributed by atoms with E-state index in [9.17, 15) is 4.79 Å². The molecule has 1 aliphatic rings. The molecule has 1 aliphatic heterocycles. The monoisotopic (exact) mass is 340 g/mol. The Bertz CT molecular complexity index is 730. The second kappa shape index (κ2) is 7.40. The zero-order valence-corrected chi connectivity index (χ0v) is 15.6. The van der Waals surface area contributed by atoms with Gasteiger partial charge in [0.05, 0.1) is 28.8 Å². The first kappa shape index (κ1) is 17.7. The fraction of sp³-hybridized carbons (Fsp3) is 0.500. The Morgan fingerprint density at radius 2 is 1.84 bits per heavy atom. The number of nitrogens with one attached hydrogen (secondary N) is 1. The molecule has 1 amide bonds. The lowest BCUT2D eigenvalue weighted by atomic mass is 9.98. The van der Waals surface area contributed by atoms with E-state index >= 15 is 0 Å². The molecule has 25 heavy (non-hydrogen) atoms. The maximum Gasteiger partial charge on any atom is 0.241 e. The van der Waals surface area contributed by atoms with Crippen LogP contribution in [0.2, 0.25) is 0 Å². The Balaban J connectivity index is 1.74. The summed E-state index contributed by atoms with van der Waals surface area (Å²) in [6.45, 7) is 10.2. The number of aromatic nitrogens is 2. The van der Waals surface area contributed by atoms with E-state index in [1.165, 1.54) is 12.8 Å². The van der Waals surface area contributed by atoms with Crippen LogP contribution in [0, 0.1) is 19.8 Å². The highest BCUT2D eigenvalue weighted by molar-refractivity contribution is 5.95. The van der Waals surface area contributed by atoms with Crippen molar-refractivity contribution in [1.29, 1.82) is 0 Å². The second-order valence-corrected chi connectivity index (χ2v) is 7.18. The molecule has 1 aromatic carbocycles. The molecule has 0 aliphatic carbocycles. The van der Waals surface area contributed by atoms with E-state index in [1.807, 2.05) is 55.8 Å². The third-order valence-corrected chi connectivity index (χ3v) is 5.29. The molecule has 3 rings (SSSR count). The fourth-order valence-electron chi connectivity index (χ4n) is 3.45. The molecule has 5 nitrogen and oxygen atoms in total. The number of aryl methyl sites for hydroxylation is 1. The smallest absolute Gasteiger partial charge is 0.241 e. The minimum Gasteiger partial charge on any atom is -0.322 e. The molecule has 0 spiro atoms. The molecule has 1 N–H and O–H groups in total. The Labute approximate surface area is 150 Å². The van der Waals surface area contributed by atoms with Crippen LogP contribution < -0.4 is 5.32 Å². The van der Waals surface area contributed by atoms with Gasteiger partial charge in [0.25, 0.3) is 0 Å². The van der Waals surface area contributed by atoms with E-state index in [1.54, 1.807) is 0 Å². The highest BCUT2D eigenvalue weighted by Gasteiger charge is 2.26. The average molecular weight is 340 g/mol. The molecule has 1 unspecified atom stereocenters. The topological polar surface area (TPSA) is 50.2 Å². The zero-order valence-electron chi connectivity index (χ0n) is 15.6. The maximum atomic E-state index is 12.8. The second-order valence-electron chi connectivity index (χ2n) is 7.18. The number of benzene rings is 1. The van der Waals surface area contributed by atoms with Crippen LogP contribution in [-0.2, 0) is 4.79 Å². The number of anilines is 1. The van der Waals surface area contributed by atoms with Gasteiger partial charge in [-0.3, -0.25) is 9.69 Å². The van der Waals surface area contributed by atoms with Gasteiger partial charge < -0.3 is 5.32 Å². The summed E-state index contributed by atoms with van der Waals surface area (Å²) in [5, 5.41) is 7.72. The zero-order chi connectivity index (χ0) is 18.0. The normalized spacial score (nSPS) is 17.4. The Hall–Kier alpha value is -2.14. The maximum absolute atomic E-state index is 12.8. The van der Waals surface area contributed by atoms with E-state index in [-0.39, 0.29) is 11.9 Å². The summed E-state index contributed by atoms with van der Waals surface area (Å²) in [6.07, 6.45) is 2.34. The van der Waals surface area contributed by atoms with Gasteiger partial charge in [0.15, 0.2) is 0 Å². The predicted molar refractivity (Wildman–Crippen MR) is 101 cm³/mol. The van der Waals surface area contributed by atoms with Crippen LogP contribution in [0.1, 0.15) is 38.1 Å². The first-order chi connectivity index (χ1) is 12.0. The van der Waals surface area contributed by atoms with Crippen molar-refractivity contribution in [1.82, 2.24) is 14.7 Å². The number of carbonyl (C=O) groups is 1. The van der Waals surface area contributed by atoms with Crippen molar-refractivity contribution in [2.45, 2.75) is 46.6 Å². The van der Waals surface area contributed by atoms with Crippen LogP contribution in [0.25, 0.3) is 5.69 Å². The molecule has 0 saturated carbocycles. The van der Waals surface area contributed by atoms with Gasteiger partial charge in [0.2, 0.25) is 5.91 Å². The van der Waals surface area contributed by atoms with Gasteiger partial charge in [0.1, 0.15) is 0 Å². The van der Waals surface area contributed by atoms with E-state index < -0.39 is 0 Å². The van der Waals surface area contributed by atoms with Gasteiger partial charge in [0, 0.05) is 0 Å². The lowest BCUT2D eigenvalue weighted by Gasteiger charge is -2.34. The Morgan fingerprint density at radius 1 is 1.20 bits per heavy atom. The summed E-state index contributed by atoms with van der Waals surface area (Å²) in [6, 6.07) is 9.88. The van der Waals surface area contributed by atoms with Gasteiger partial charge in [-0.1, -0.05) is 25.1 Å². The number of nitrogens with zero attached hydrogens (tertiary/aromatic N) is 3. The molecule has 1 atom stereocenters. The van der Waals surface area contributed by atoms with Crippen LogP contribution in [0.4, 0.5) is 5.69 Å². The van der Waals surface area contributed by atoms with Crippen LogP contribution in [0.3, 0.4) is 0 Å². The molecule has 134 valence electrons.